The third-order valence-corrected chi connectivity index (χ3v) is 5.25. The summed E-state index contributed by atoms with van der Waals surface area (Å²) in [5.41, 5.74) is 4.45. The SMILES string of the molecule is Cn1ccnc1CCC(NN)C1CSc2ccccc21. The first-order valence-electron chi connectivity index (χ1n) is 6.93. The van der Waals surface area contributed by atoms with Crippen LogP contribution in [0.25, 0.3) is 0 Å². The van der Waals surface area contributed by atoms with Gasteiger partial charge in [-0.15, -0.1) is 11.8 Å². The van der Waals surface area contributed by atoms with E-state index in [4.69, 9.17) is 5.84 Å². The zero-order valence-electron chi connectivity index (χ0n) is 11.6. The topological polar surface area (TPSA) is 55.9 Å². The highest BCUT2D eigenvalue weighted by molar-refractivity contribution is 7.99. The fourth-order valence-electron chi connectivity index (χ4n) is 2.84. The summed E-state index contributed by atoms with van der Waals surface area (Å²) in [6.07, 6.45) is 5.78. The van der Waals surface area contributed by atoms with E-state index < -0.39 is 0 Å². The number of hydrazine groups is 1. The van der Waals surface area contributed by atoms with Crippen LogP contribution in [0.2, 0.25) is 0 Å². The number of fused-ring (bicyclic) bond motifs is 1. The van der Waals surface area contributed by atoms with E-state index in [-0.39, 0.29) is 0 Å². The molecule has 0 radical (unpaired) electrons. The second kappa shape index (κ2) is 5.99. The first-order valence-corrected chi connectivity index (χ1v) is 7.92. The molecule has 20 heavy (non-hydrogen) atoms. The van der Waals surface area contributed by atoms with Crippen LogP contribution in [0.4, 0.5) is 0 Å². The number of thioether (sulfide) groups is 1. The van der Waals surface area contributed by atoms with E-state index in [1.807, 2.05) is 31.2 Å². The van der Waals surface area contributed by atoms with Crippen molar-refractivity contribution in [3.8, 4) is 0 Å². The van der Waals surface area contributed by atoms with Crippen molar-refractivity contribution in [1.82, 2.24) is 15.0 Å². The summed E-state index contributed by atoms with van der Waals surface area (Å²) in [7, 11) is 2.04. The highest BCUT2D eigenvalue weighted by atomic mass is 32.2. The number of rotatable bonds is 5. The molecule has 2 heterocycles. The van der Waals surface area contributed by atoms with Crippen molar-refractivity contribution in [3.05, 3.63) is 48.0 Å². The highest BCUT2D eigenvalue weighted by Gasteiger charge is 2.29. The van der Waals surface area contributed by atoms with Crippen LogP contribution < -0.4 is 11.3 Å². The number of imidazole rings is 1. The maximum atomic E-state index is 5.80. The largest absolute Gasteiger partial charge is 0.338 e. The quantitative estimate of drug-likeness (QED) is 0.653. The lowest BCUT2D eigenvalue weighted by molar-refractivity contribution is 0.433. The van der Waals surface area contributed by atoms with Gasteiger partial charge >= 0.3 is 0 Å². The summed E-state index contributed by atoms with van der Waals surface area (Å²) in [6.45, 7) is 0. The van der Waals surface area contributed by atoms with Crippen molar-refractivity contribution in [2.45, 2.75) is 29.7 Å². The van der Waals surface area contributed by atoms with E-state index >= 15 is 0 Å². The molecule has 0 spiro atoms. The van der Waals surface area contributed by atoms with Gasteiger partial charge in [0.2, 0.25) is 0 Å². The molecule has 0 amide bonds. The van der Waals surface area contributed by atoms with Gasteiger partial charge in [-0.3, -0.25) is 11.3 Å². The molecule has 0 saturated carbocycles. The van der Waals surface area contributed by atoms with Crippen molar-refractivity contribution in [2.75, 3.05) is 5.75 Å². The Morgan fingerprint density at radius 3 is 3.10 bits per heavy atom. The summed E-state index contributed by atoms with van der Waals surface area (Å²) in [4.78, 5) is 5.78. The molecule has 2 aromatic rings. The van der Waals surface area contributed by atoms with Crippen LogP contribution in [-0.2, 0) is 13.5 Å². The standard InChI is InChI=1S/C15H20N4S/c1-19-9-8-17-15(19)7-6-13(18-16)12-10-20-14-5-3-2-4-11(12)14/h2-5,8-9,12-13,18H,6-7,10,16H2,1H3. The van der Waals surface area contributed by atoms with Crippen LogP contribution in [-0.4, -0.2) is 21.3 Å². The average molecular weight is 288 g/mol. The van der Waals surface area contributed by atoms with Crippen molar-refractivity contribution >= 4 is 11.8 Å². The molecule has 4 nitrogen and oxygen atoms in total. The first kappa shape index (κ1) is 13.7. The van der Waals surface area contributed by atoms with Crippen LogP contribution in [0.5, 0.6) is 0 Å². The second-order valence-corrected chi connectivity index (χ2v) is 6.28. The Morgan fingerprint density at radius 1 is 1.50 bits per heavy atom. The first-order chi connectivity index (χ1) is 9.79. The maximum Gasteiger partial charge on any atom is 0.108 e. The predicted molar refractivity (Wildman–Crippen MR) is 82.5 cm³/mol. The Kier molecular flexibility index (Phi) is 4.10. The monoisotopic (exact) mass is 288 g/mol. The van der Waals surface area contributed by atoms with Crippen LogP contribution in [0.3, 0.4) is 0 Å². The molecule has 2 atom stereocenters. The second-order valence-electron chi connectivity index (χ2n) is 5.22. The number of aryl methyl sites for hydroxylation is 2. The van der Waals surface area contributed by atoms with Gasteiger partial charge in [-0.25, -0.2) is 4.98 Å². The Morgan fingerprint density at radius 2 is 2.35 bits per heavy atom. The van der Waals surface area contributed by atoms with E-state index in [0.29, 0.717) is 12.0 Å². The van der Waals surface area contributed by atoms with Gasteiger partial charge in [0.15, 0.2) is 0 Å². The van der Waals surface area contributed by atoms with E-state index in [9.17, 15) is 0 Å². The summed E-state index contributed by atoms with van der Waals surface area (Å²) < 4.78 is 2.07. The molecule has 3 rings (SSSR count). The van der Waals surface area contributed by atoms with Gasteiger partial charge in [0.05, 0.1) is 0 Å². The molecule has 1 aliphatic heterocycles. The molecule has 5 heteroatoms. The Balaban J connectivity index is 1.70. The molecule has 1 aliphatic rings. The zero-order chi connectivity index (χ0) is 13.9. The number of nitrogens with two attached hydrogens (primary N) is 1. The minimum Gasteiger partial charge on any atom is -0.338 e. The number of hydrogen-bond acceptors (Lipinski definition) is 4. The minimum atomic E-state index is 0.294. The predicted octanol–water partition coefficient (Wildman–Crippen LogP) is 2.07. The number of nitrogens with one attached hydrogen (secondary N) is 1. The van der Waals surface area contributed by atoms with Gasteiger partial charge in [0.1, 0.15) is 5.82 Å². The fraction of sp³-hybridized carbons (Fsp3) is 0.400. The summed E-state index contributed by atoms with van der Waals surface area (Å²) in [5.74, 6) is 8.51. The van der Waals surface area contributed by atoms with E-state index in [0.717, 1.165) is 24.4 Å². The number of hydrogen-bond donors (Lipinski definition) is 2. The molecule has 0 saturated heterocycles. The third kappa shape index (κ3) is 2.61. The summed E-state index contributed by atoms with van der Waals surface area (Å²) >= 11 is 1.93. The lowest BCUT2D eigenvalue weighted by atomic mass is 9.91. The fourth-order valence-corrected chi connectivity index (χ4v) is 4.18. The Labute approximate surface area is 123 Å². The van der Waals surface area contributed by atoms with Crippen molar-refractivity contribution in [1.29, 1.82) is 0 Å². The van der Waals surface area contributed by atoms with Gasteiger partial charge in [0.25, 0.3) is 0 Å². The van der Waals surface area contributed by atoms with Gasteiger partial charge < -0.3 is 4.57 Å². The molecular weight excluding hydrogens is 268 g/mol. The van der Waals surface area contributed by atoms with Gasteiger partial charge in [-0.2, -0.15) is 0 Å². The van der Waals surface area contributed by atoms with E-state index in [2.05, 4.69) is 39.2 Å². The zero-order valence-corrected chi connectivity index (χ0v) is 12.4. The minimum absolute atomic E-state index is 0.294. The highest BCUT2D eigenvalue weighted by Crippen LogP contribution is 2.41. The lowest BCUT2D eigenvalue weighted by Crippen LogP contribution is -2.40. The van der Waals surface area contributed by atoms with Gasteiger partial charge in [-0.05, 0) is 18.1 Å². The molecule has 1 aromatic carbocycles. The Hall–Kier alpha value is -1.30. The summed E-state index contributed by atoms with van der Waals surface area (Å²) in [5, 5.41) is 0. The molecule has 0 fully saturated rings. The summed E-state index contributed by atoms with van der Waals surface area (Å²) in [6, 6.07) is 8.94. The molecule has 2 unspecified atom stereocenters. The van der Waals surface area contributed by atoms with Crippen molar-refractivity contribution in [3.63, 3.8) is 0 Å². The smallest absolute Gasteiger partial charge is 0.108 e. The van der Waals surface area contributed by atoms with Crippen LogP contribution in [0, 0.1) is 0 Å². The third-order valence-electron chi connectivity index (χ3n) is 4.04. The molecule has 1 aromatic heterocycles. The number of nitrogens with zero attached hydrogens (tertiary/aromatic N) is 2. The Bertz CT molecular complexity index is 581. The lowest BCUT2D eigenvalue weighted by Gasteiger charge is -2.23. The van der Waals surface area contributed by atoms with E-state index in [1.54, 1.807) is 0 Å². The van der Waals surface area contributed by atoms with E-state index in [1.165, 1.54) is 10.5 Å². The van der Waals surface area contributed by atoms with Crippen molar-refractivity contribution in [2.24, 2.45) is 12.9 Å². The normalized spacial score (nSPS) is 19.0. The molecular formula is C15H20N4S. The molecule has 0 aliphatic carbocycles. The maximum absolute atomic E-state index is 5.80. The van der Waals surface area contributed by atoms with Crippen LogP contribution >= 0.6 is 11.8 Å². The van der Waals surface area contributed by atoms with Gasteiger partial charge in [0, 0.05) is 48.5 Å². The number of aromatic nitrogens is 2. The van der Waals surface area contributed by atoms with Crippen molar-refractivity contribution < 1.29 is 0 Å². The van der Waals surface area contributed by atoms with Crippen LogP contribution in [0.15, 0.2) is 41.6 Å². The van der Waals surface area contributed by atoms with Gasteiger partial charge in [-0.1, -0.05) is 18.2 Å². The number of benzene rings is 1. The molecule has 0 bridgehead atoms. The molecule has 3 N–H and O–H groups in total. The molecule has 106 valence electrons. The average Bonchev–Trinajstić information content (AvgIpc) is 3.07. The van der Waals surface area contributed by atoms with Crippen LogP contribution in [0.1, 0.15) is 23.7 Å².